The van der Waals surface area contributed by atoms with Gasteiger partial charge in [0, 0.05) is 6.54 Å². The van der Waals surface area contributed by atoms with Crippen LogP contribution in [0, 0.1) is 30.2 Å². The largest absolute Gasteiger partial charge is 0.357 e. The van der Waals surface area contributed by atoms with Crippen molar-refractivity contribution in [1.82, 2.24) is 10.6 Å². The Labute approximate surface area is 183 Å². The fourth-order valence-corrected chi connectivity index (χ4v) is 2.23. The van der Waals surface area contributed by atoms with Crippen molar-refractivity contribution >= 4 is 41.5 Å². The zero-order valence-corrected chi connectivity index (χ0v) is 18.1. The average Bonchev–Trinajstić information content (AvgIpc) is 2.67. The van der Waals surface area contributed by atoms with Gasteiger partial charge in [0.1, 0.15) is 5.82 Å². The molecule has 3 N–H and O–H groups in total. The SMILES string of the molecule is CCNC(=NCc1ccc(C)c(F)c1)NCC(=O)Nc1ccc(F)c(F)c1F.I. The lowest BCUT2D eigenvalue weighted by molar-refractivity contribution is -0.115. The number of amides is 1. The van der Waals surface area contributed by atoms with Crippen molar-refractivity contribution in [3.63, 3.8) is 0 Å². The van der Waals surface area contributed by atoms with Gasteiger partial charge in [-0.15, -0.1) is 24.0 Å². The molecule has 0 aliphatic rings. The molecule has 0 aromatic heterocycles. The van der Waals surface area contributed by atoms with Gasteiger partial charge in [-0.05, 0) is 43.2 Å². The van der Waals surface area contributed by atoms with Crippen molar-refractivity contribution in [3.8, 4) is 0 Å². The van der Waals surface area contributed by atoms with E-state index in [-0.39, 0.29) is 48.8 Å². The fourth-order valence-electron chi connectivity index (χ4n) is 2.23. The summed E-state index contributed by atoms with van der Waals surface area (Å²) in [6, 6.07) is 6.40. The maximum atomic E-state index is 13.6. The molecule has 0 aliphatic heterocycles. The van der Waals surface area contributed by atoms with Crippen LogP contribution in [0.15, 0.2) is 35.3 Å². The third-order valence-corrected chi connectivity index (χ3v) is 3.73. The number of aryl methyl sites for hydroxylation is 1. The molecule has 2 aromatic rings. The molecule has 0 bridgehead atoms. The second-order valence-electron chi connectivity index (χ2n) is 5.90. The van der Waals surface area contributed by atoms with Crippen molar-refractivity contribution in [2.24, 2.45) is 4.99 Å². The van der Waals surface area contributed by atoms with E-state index in [9.17, 15) is 22.4 Å². The van der Waals surface area contributed by atoms with Crippen LogP contribution in [0.5, 0.6) is 0 Å². The van der Waals surface area contributed by atoms with Gasteiger partial charge in [-0.3, -0.25) is 4.79 Å². The topological polar surface area (TPSA) is 65.5 Å². The van der Waals surface area contributed by atoms with Crippen molar-refractivity contribution in [3.05, 3.63) is 64.7 Å². The van der Waals surface area contributed by atoms with E-state index >= 15 is 0 Å². The van der Waals surface area contributed by atoms with Crippen molar-refractivity contribution < 1.29 is 22.4 Å². The first-order valence-corrected chi connectivity index (χ1v) is 8.52. The third kappa shape index (κ3) is 7.18. The first kappa shape index (κ1) is 24.7. The molecule has 0 saturated carbocycles. The molecule has 0 saturated heterocycles. The van der Waals surface area contributed by atoms with Crippen LogP contribution >= 0.6 is 24.0 Å². The Bertz CT molecular complexity index is 893. The van der Waals surface area contributed by atoms with E-state index in [4.69, 9.17) is 0 Å². The average molecular weight is 524 g/mol. The number of nitrogens with zero attached hydrogens (tertiary/aromatic N) is 1. The number of carbonyl (C=O) groups excluding carboxylic acids is 1. The quantitative estimate of drug-likeness (QED) is 0.177. The van der Waals surface area contributed by atoms with E-state index in [1.165, 1.54) is 6.07 Å². The highest BCUT2D eigenvalue weighted by Gasteiger charge is 2.15. The van der Waals surface area contributed by atoms with Gasteiger partial charge in [-0.25, -0.2) is 22.6 Å². The Kier molecular flexibility index (Phi) is 9.86. The normalized spacial score (nSPS) is 10.9. The second kappa shape index (κ2) is 11.6. The van der Waals surface area contributed by atoms with E-state index in [0.717, 1.165) is 6.07 Å². The molecule has 0 heterocycles. The molecule has 1 amide bonds. The number of hydrogen-bond donors (Lipinski definition) is 3. The Hall–Kier alpha value is -2.37. The number of rotatable bonds is 6. The van der Waals surface area contributed by atoms with Crippen LogP contribution in [0.25, 0.3) is 0 Å². The maximum Gasteiger partial charge on any atom is 0.243 e. The molecule has 29 heavy (non-hydrogen) atoms. The molecule has 0 unspecified atom stereocenters. The van der Waals surface area contributed by atoms with Gasteiger partial charge in [-0.2, -0.15) is 0 Å². The molecule has 10 heteroatoms. The Morgan fingerprint density at radius 2 is 1.72 bits per heavy atom. The van der Waals surface area contributed by atoms with Gasteiger partial charge in [0.25, 0.3) is 0 Å². The summed E-state index contributed by atoms with van der Waals surface area (Å²) in [7, 11) is 0. The van der Waals surface area contributed by atoms with Crippen molar-refractivity contribution in [2.45, 2.75) is 20.4 Å². The number of benzene rings is 2. The predicted molar refractivity (Wildman–Crippen MR) is 114 cm³/mol. The summed E-state index contributed by atoms with van der Waals surface area (Å²) >= 11 is 0. The van der Waals surface area contributed by atoms with E-state index in [0.29, 0.717) is 23.7 Å². The van der Waals surface area contributed by atoms with Crippen molar-refractivity contribution in [2.75, 3.05) is 18.4 Å². The lowest BCUT2D eigenvalue weighted by atomic mass is 10.1. The highest BCUT2D eigenvalue weighted by Crippen LogP contribution is 2.19. The molecule has 0 radical (unpaired) electrons. The minimum Gasteiger partial charge on any atom is -0.357 e. The van der Waals surface area contributed by atoms with E-state index in [2.05, 4.69) is 20.9 Å². The summed E-state index contributed by atoms with van der Waals surface area (Å²) in [6.45, 7) is 3.86. The molecule has 158 valence electrons. The molecule has 2 rings (SSSR count). The minimum atomic E-state index is -1.66. The highest BCUT2D eigenvalue weighted by molar-refractivity contribution is 14.0. The zero-order chi connectivity index (χ0) is 20.7. The number of nitrogens with one attached hydrogen (secondary N) is 3. The predicted octanol–water partition coefficient (Wildman–Crippen LogP) is 3.86. The van der Waals surface area contributed by atoms with Crippen LogP contribution < -0.4 is 16.0 Å². The molecular weight excluding hydrogens is 503 g/mol. The van der Waals surface area contributed by atoms with Crippen molar-refractivity contribution in [1.29, 1.82) is 0 Å². The van der Waals surface area contributed by atoms with Gasteiger partial charge >= 0.3 is 0 Å². The number of guanidine groups is 1. The standard InChI is InChI=1S/C19H20F4N4O.HI/c1-3-24-19(25-9-12-5-4-11(2)14(21)8-12)26-10-16(28)27-15-7-6-13(20)17(22)18(15)23;/h4-8H,3,9-10H2,1-2H3,(H,27,28)(H2,24,25,26);1H. The van der Waals surface area contributed by atoms with E-state index in [1.807, 2.05) is 6.92 Å². The summed E-state index contributed by atoms with van der Waals surface area (Å²) < 4.78 is 53.3. The zero-order valence-electron chi connectivity index (χ0n) is 15.8. The molecule has 0 atom stereocenters. The summed E-state index contributed by atoms with van der Waals surface area (Å²) in [4.78, 5) is 16.2. The van der Waals surface area contributed by atoms with Gasteiger partial charge in [0.2, 0.25) is 5.91 Å². The first-order valence-electron chi connectivity index (χ1n) is 8.52. The highest BCUT2D eigenvalue weighted by atomic mass is 127. The Morgan fingerprint density at radius 3 is 2.38 bits per heavy atom. The van der Waals surface area contributed by atoms with Crippen LogP contribution in [0.2, 0.25) is 0 Å². The molecule has 2 aromatic carbocycles. The van der Waals surface area contributed by atoms with Crippen LogP contribution in [0.4, 0.5) is 23.2 Å². The van der Waals surface area contributed by atoms with Crippen LogP contribution in [-0.2, 0) is 11.3 Å². The summed E-state index contributed by atoms with van der Waals surface area (Å²) in [6.07, 6.45) is 0. The number of aliphatic imine (C=N–C) groups is 1. The lowest BCUT2D eigenvalue weighted by Crippen LogP contribution is -2.41. The lowest BCUT2D eigenvalue weighted by Gasteiger charge is -2.12. The number of anilines is 1. The maximum absolute atomic E-state index is 13.6. The van der Waals surface area contributed by atoms with Gasteiger partial charge in [0.15, 0.2) is 23.4 Å². The smallest absolute Gasteiger partial charge is 0.243 e. The second-order valence-corrected chi connectivity index (χ2v) is 5.90. The Balaban J connectivity index is 0.00000420. The van der Waals surface area contributed by atoms with Crippen LogP contribution in [0.3, 0.4) is 0 Å². The molecular formula is C19H21F4IN4O. The van der Waals surface area contributed by atoms with Crippen LogP contribution in [-0.4, -0.2) is 25.0 Å². The first-order chi connectivity index (χ1) is 13.3. The van der Waals surface area contributed by atoms with Gasteiger partial charge in [0.05, 0.1) is 18.8 Å². The van der Waals surface area contributed by atoms with Gasteiger partial charge < -0.3 is 16.0 Å². The molecule has 0 aliphatic carbocycles. The minimum absolute atomic E-state index is 0. The molecule has 0 spiro atoms. The summed E-state index contributed by atoms with van der Waals surface area (Å²) in [5.74, 6) is -5.22. The molecule has 0 fully saturated rings. The molecule has 5 nitrogen and oxygen atoms in total. The van der Waals surface area contributed by atoms with E-state index < -0.39 is 29.0 Å². The monoisotopic (exact) mass is 524 g/mol. The third-order valence-electron chi connectivity index (χ3n) is 3.73. The summed E-state index contributed by atoms with van der Waals surface area (Å²) in [5.41, 5.74) is 0.704. The summed E-state index contributed by atoms with van der Waals surface area (Å²) in [5, 5.41) is 7.78. The van der Waals surface area contributed by atoms with E-state index in [1.54, 1.807) is 19.1 Å². The number of halogens is 5. The van der Waals surface area contributed by atoms with Gasteiger partial charge in [-0.1, -0.05) is 12.1 Å². The Morgan fingerprint density at radius 1 is 1.00 bits per heavy atom. The fraction of sp³-hybridized carbons (Fsp3) is 0.263. The van der Waals surface area contributed by atoms with Crippen LogP contribution in [0.1, 0.15) is 18.1 Å². The number of hydrogen-bond acceptors (Lipinski definition) is 2. The number of carbonyl (C=O) groups is 1.